The Morgan fingerprint density at radius 2 is 2.09 bits per heavy atom. The number of pyridine rings is 1. The first-order valence-electron chi connectivity index (χ1n) is 7.84. The first kappa shape index (κ1) is 18.7. The van der Waals surface area contributed by atoms with Gasteiger partial charge in [-0.05, 0) is 31.4 Å². The second-order valence-corrected chi connectivity index (χ2v) is 6.26. The zero-order chi connectivity index (χ0) is 16.7. The van der Waals surface area contributed by atoms with Crippen molar-refractivity contribution >= 4 is 17.3 Å². The molecular formula is C18H26ClFN2. The second-order valence-electron chi connectivity index (χ2n) is 5.69. The van der Waals surface area contributed by atoms with E-state index in [4.69, 9.17) is 11.6 Å². The van der Waals surface area contributed by atoms with E-state index < -0.39 is 0 Å². The van der Waals surface area contributed by atoms with Crippen LogP contribution in [0.1, 0.15) is 52.7 Å². The number of aromatic nitrogens is 1. The van der Waals surface area contributed by atoms with Crippen molar-refractivity contribution in [3.63, 3.8) is 0 Å². The normalized spacial score (nSPS) is 15.0. The molecule has 0 amide bonds. The van der Waals surface area contributed by atoms with E-state index in [2.05, 4.69) is 37.7 Å². The molecular weight excluding hydrogens is 299 g/mol. The lowest BCUT2D eigenvalue weighted by molar-refractivity contribution is 0.361. The number of allylic oxidation sites excluding steroid dienone is 2. The highest BCUT2D eigenvalue weighted by molar-refractivity contribution is 6.29. The predicted molar refractivity (Wildman–Crippen MR) is 92.8 cm³/mol. The van der Waals surface area contributed by atoms with Crippen LogP contribution in [0.4, 0.5) is 4.39 Å². The summed E-state index contributed by atoms with van der Waals surface area (Å²) in [6, 6.07) is 2.99. The maximum Gasteiger partial charge on any atom is 0.141 e. The van der Waals surface area contributed by atoms with Gasteiger partial charge in [0.2, 0.25) is 0 Å². The molecule has 2 nitrogen and oxygen atoms in total. The van der Waals surface area contributed by atoms with Gasteiger partial charge >= 0.3 is 0 Å². The maximum absolute atomic E-state index is 13.0. The SMILES string of the molecule is C=C(N/C(=C(\C)Cl)[C@H](CCC)[C@@H](C)CC)c1ccc(F)cn1. The highest BCUT2D eigenvalue weighted by Crippen LogP contribution is 2.30. The lowest BCUT2D eigenvalue weighted by atomic mass is 9.85. The summed E-state index contributed by atoms with van der Waals surface area (Å²) in [6.45, 7) is 12.5. The van der Waals surface area contributed by atoms with Crippen LogP contribution in [-0.2, 0) is 0 Å². The molecule has 0 aromatic carbocycles. The van der Waals surface area contributed by atoms with Gasteiger partial charge in [-0.15, -0.1) is 0 Å². The molecule has 0 aliphatic carbocycles. The molecule has 4 heteroatoms. The van der Waals surface area contributed by atoms with Gasteiger partial charge in [0.05, 0.1) is 17.6 Å². The zero-order valence-corrected chi connectivity index (χ0v) is 14.7. The zero-order valence-electron chi connectivity index (χ0n) is 13.9. The highest BCUT2D eigenvalue weighted by Gasteiger charge is 2.22. The summed E-state index contributed by atoms with van der Waals surface area (Å²) in [6.07, 6.45) is 4.43. The van der Waals surface area contributed by atoms with E-state index in [0.29, 0.717) is 23.2 Å². The summed E-state index contributed by atoms with van der Waals surface area (Å²) in [5.74, 6) is 0.513. The number of hydrogen-bond donors (Lipinski definition) is 1. The van der Waals surface area contributed by atoms with E-state index in [9.17, 15) is 4.39 Å². The Hall–Kier alpha value is -1.35. The van der Waals surface area contributed by atoms with Crippen molar-refractivity contribution in [2.45, 2.75) is 47.0 Å². The van der Waals surface area contributed by atoms with Crippen molar-refractivity contribution < 1.29 is 4.39 Å². The van der Waals surface area contributed by atoms with Gasteiger partial charge in [-0.25, -0.2) is 4.39 Å². The lowest BCUT2D eigenvalue weighted by Crippen LogP contribution is -2.25. The molecule has 1 heterocycles. The Morgan fingerprint density at radius 1 is 1.41 bits per heavy atom. The molecule has 0 saturated carbocycles. The van der Waals surface area contributed by atoms with Crippen LogP contribution in [0.3, 0.4) is 0 Å². The number of halogens is 2. The largest absolute Gasteiger partial charge is 0.356 e. The van der Waals surface area contributed by atoms with Crippen molar-refractivity contribution in [2.75, 3.05) is 0 Å². The summed E-state index contributed by atoms with van der Waals surface area (Å²) < 4.78 is 13.0. The molecule has 2 atom stereocenters. The standard InChI is InChI=1S/C18H26ClFN2/c1-6-8-16(12(3)7-2)18(13(4)19)22-14(5)17-10-9-15(20)11-21-17/h9-12,16,22H,5-8H2,1-4H3/b18-13+/t12-,16+/m0/s1. The van der Waals surface area contributed by atoms with Crippen LogP contribution in [0.15, 0.2) is 35.6 Å². The fourth-order valence-electron chi connectivity index (χ4n) is 2.52. The minimum Gasteiger partial charge on any atom is -0.356 e. The second kappa shape index (κ2) is 8.94. The van der Waals surface area contributed by atoms with E-state index in [1.165, 1.54) is 12.3 Å². The van der Waals surface area contributed by atoms with Crippen molar-refractivity contribution in [1.29, 1.82) is 0 Å². The molecule has 0 unspecified atom stereocenters. The van der Waals surface area contributed by atoms with Crippen LogP contribution in [0.5, 0.6) is 0 Å². The Bertz CT molecular complexity index is 518. The summed E-state index contributed by atoms with van der Waals surface area (Å²) in [4.78, 5) is 4.06. The smallest absolute Gasteiger partial charge is 0.141 e. The fourth-order valence-corrected chi connectivity index (χ4v) is 2.71. The van der Waals surface area contributed by atoms with Crippen molar-refractivity contribution in [2.24, 2.45) is 11.8 Å². The van der Waals surface area contributed by atoms with Crippen LogP contribution in [0, 0.1) is 17.7 Å². The van der Waals surface area contributed by atoms with Gasteiger partial charge in [-0.1, -0.05) is 51.8 Å². The van der Waals surface area contributed by atoms with E-state index in [0.717, 1.165) is 30.0 Å². The average Bonchev–Trinajstić information content (AvgIpc) is 2.50. The molecule has 122 valence electrons. The first-order valence-corrected chi connectivity index (χ1v) is 8.22. The van der Waals surface area contributed by atoms with Gasteiger partial charge in [-0.3, -0.25) is 4.98 Å². The summed E-state index contributed by atoms with van der Waals surface area (Å²) in [5, 5.41) is 4.06. The van der Waals surface area contributed by atoms with Gasteiger partial charge < -0.3 is 5.32 Å². The fraction of sp³-hybridized carbons (Fsp3) is 0.500. The van der Waals surface area contributed by atoms with Crippen LogP contribution < -0.4 is 5.32 Å². The lowest BCUT2D eigenvalue weighted by Gasteiger charge is -2.28. The molecule has 0 aliphatic rings. The predicted octanol–water partition coefficient (Wildman–Crippen LogP) is 5.71. The van der Waals surface area contributed by atoms with E-state index >= 15 is 0 Å². The molecule has 0 bridgehead atoms. The minimum absolute atomic E-state index is 0.352. The van der Waals surface area contributed by atoms with Gasteiger partial charge in [0.15, 0.2) is 0 Å². The van der Waals surface area contributed by atoms with Gasteiger partial charge in [0.1, 0.15) is 5.82 Å². The molecule has 1 aromatic rings. The molecule has 0 radical (unpaired) electrons. The number of hydrogen-bond acceptors (Lipinski definition) is 2. The summed E-state index contributed by atoms with van der Waals surface area (Å²) >= 11 is 6.33. The van der Waals surface area contributed by atoms with Gasteiger partial charge in [-0.2, -0.15) is 0 Å². The van der Waals surface area contributed by atoms with E-state index in [1.54, 1.807) is 6.07 Å². The van der Waals surface area contributed by atoms with Crippen LogP contribution in [0.2, 0.25) is 0 Å². The van der Waals surface area contributed by atoms with Crippen molar-refractivity contribution in [1.82, 2.24) is 10.3 Å². The highest BCUT2D eigenvalue weighted by atomic mass is 35.5. The number of rotatable bonds is 8. The molecule has 0 aliphatic heterocycles. The Balaban J connectivity index is 2.99. The van der Waals surface area contributed by atoms with Crippen LogP contribution in [-0.4, -0.2) is 4.98 Å². The van der Waals surface area contributed by atoms with Gasteiger partial charge in [0, 0.05) is 16.6 Å². The maximum atomic E-state index is 13.0. The van der Waals surface area contributed by atoms with E-state index in [1.807, 2.05) is 6.92 Å². The van der Waals surface area contributed by atoms with E-state index in [-0.39, 0.29) is 5.82 Å². The first-order chi connectivity index (χ1) is 10.4. The Labute approximate surface area is 138 Å². The molecule has 0 fully saturated rings. The quantitative estimate of drug-likeness (QED) is 0.662. The molecule has 1 aromatic heterocycles. The molecule has 0 spiro atoms. The third kappa shape index (κ3) is 5.13. The van der Waals surface area contributed by atoms with Crippen LogP contribution in [0.25, 0.3) is 5.70 Å². The van der Waals surface area contributed by atoms with Crippen molar-refractivity contribution in [3.8, 4) is 0 Å². The molecule has 22 heavy (non-hydrogen) atoms. The number of nitrogens with one attached hydrogen (secondary N) is 1. The summed E-state index contributed by atoms with van der Waals surface area (Å²) in [7, 11) is 0. The topological polar surface area (TPSA) is 24.9 Å². The van der Waals surface area contributed by atoms with Gasteiger partial charge in [0.25, 0.3) is 0 Å². The average molecular weight is 325 g/mol. The monoisotopic (exact) mass is 324 g/mol. The molecule has 1 N–H and O–H groups in total. The van der Waals surface area contributed by atoms with Crippen molar-refractivity contribution in [3.05, 3.63) is 47.1 Å². The third-order valence-corrected chi connectivity index (χ3v) is 4.20. The Kier molecular flexibility index (Phi) is 7.60. The molecule has 1 rings (SSSR count). The summed E-state index contributed by atoms with van der Waals surface area (Å²) in [5.41, 5.74) is 2.25. The Morgan fingerprint density at radius 3 is 2.55 bits per heavy atom. The minimum atomic E-state index is -0.357. The number of nitrogens with zero attached hydrogens (tertiary/aromatic N) is 1. The van der Waals surface area contributed by atoms with Crippen LogP contribution >= 0.6 is 11.6 Å². The molecule has 0 saturated heterocycles. The third-order valence-electron chi connectivity index (χ3n) is 3.99.